The number of nitrogens with zero attached hydrogens (tertiary/aromatic N) is 2. The molecule has 0 aromatic heterocycles. The summed E-state index contributed by atoms with van der Waals surface area (Å²) in [6, 6.07) is 4.16. The van der Waals surface area contributed by atoms with Gasteiger partial charge in [-0.1, -0.05) is 0 Å². The third-order valence-electron chi connectivity index (χ3n) is 3.56. The molecule has 2 rings (SSSR count). The molecule has 0 spiro atoms. The molecule has 10 heteroatoms. The van der Waals surface area contributed by atoms with E-state index in [4.69, 9.17) is 4.74 Å². The molecule has 1 aromatic carbocycles. The Hall–Kier alpha value is -2.77. The van der Waals surface area contributed by atoms with E-state index in [-0.39, 0.29) is 22.9 Å². The van der Waals surface area contributed by atoms with Crippen molar-refractivity contribution in [2.45, 2.75) is 29.9 Å². The number of rotatable bonds is 5. The van der Waals surface area contributed by atoms with Crippen molar-refractivity contribution in [1.82, 2.24) is 0 Å². The van der Waals surface area contributed by atoms with Gasteiger partial charge in [-0.05, 0) is 18.6 Å². The lowest BCUT2D eigenvalue weighted by Crippen LogP contribution is -2.29. The van der Waals surface area contributed by atoms with Gasteiger partial charge < -0.3 is 9.84 Å². The zero-order chi connectivity index (χ0) is 18.8. The van der Waals surface area contributed by atoms with Crippen LogP contribution >= 0.6 is 0 Å². The van der Waals surface area contributed by atoms with E-state index in [1.165, 1.54) is 6.07 Å². The van der Waals surface area contributed by atoms with Gasteiger partial charge in [-0.15, -0.1) is 0 Å². The topological polar surface area (TPSA) is 148 Å². The summed E-state index contributed by atoms with van der Waals surface area (Å²) in [4.78, 5) is 21.4. The molecule has 132 valence electrons. The highest BCUT2D eigenvalue weighted by Gasteiger charge is 2.40. The quantitative estimate of drug-likeness (QED) is 0.355. The highest BCUT2D eigenvalue weighted by Crippen LogP contribution is 2.35. The van der Waals surface area contributed by atoms with Gasteiger partial charge in [0.05, 0.1) is 9.82 Å². The number of nitro groups is 1. The molecule has 1 unspecified atom stereocenters. The number of hydrogen-bond acceptors (Lipinski definition) is 8. The molecule has 1 atom stereocenters. The molecule has 0 aliphatic heterocycles. The number of carbonyl (C=O) groups is 1. The highest BCUT2D eigenvalue weighted by atomic mass is 32.2. The van der Waals surface area contributed by atoms with Gasteiger partial charge in [0.2, 0.25) is 0 Å². The summed E-state index contributed by atoms with van der Waals surface area (Å²) in [6.07, 6.45) is 3.05. The van der Waals surface area contributed by atoms with Crippen molar-refractivity contribution >= 4 is 21.3 Å². The van der Waals surface area contributed by atoms with Crippen molar-refractivity contribution in [2.75, 3.05) is 6.26 Å². The number of sulfone groups is 1. The Kier molecular flexibility index (Phi) is 4.92. The van der Waals surface area contributed by atoms with E-state index in [1.807, 2.05) is 0 Å². The first-order valence-electron chi connectivity index (χ1n) is 7.12. The van der Waals surface area contributed by atoms with Crippen molar-refractivity contribution in [3.05, 3.63) is 45.7 Å². The Bertz CT molecular complexity index is 914. The Morgan fingerprint density at radius 3 is 2.60 bits per heavy atom. The van der Waals surface area contributed by atoms with Crippen LogP contribution in [0.2, 0.25) is 0 Å². The number of hydrogen-bond donors (Lipinski definition) is 1. The lowest BCUT2D eigenvalue weighted by molar-refractivity contribution is -0.387. The van der Waals surface area contributed by atoms with E-state index in [1.54, 1.807) is 0 Å². The van der Waals surface area contributed by atoms with Crippen LogP contribution in [0.5, 0.6) is 0 Å². The number of ether oxygens (including phenoxy) is 1. The average molecular weight is 366 g/mol. The summed E-state index contributed by atoms with van der Waals surface area (Å²) < 4.78 is 28.3. The summed E-state index contributed by atoms with van der Waals surface area (Å²) in [6.45, 7) is 0. The van der Waals surface area contributed by atoms with Gasteiger partial charge in [0.25, 0.3) is 5.69 Å². The second-order valence-corrected chi connectivity index (χ2v) is 7.51. The highest BCUT2D eigenvalue weighted by molar-refractivity contribution is 7.90. The van der Waals surface area contributed by atoms with Crippen molar-refractivity contribution in [3.63, 3.8) is 0 Å². The lowest BCUT2D eigenvalue weighted by Gasteiger charge is -2.25. The monoisotopic (exact) mass is 366 g/mol. The average Bonchev–Trinajstić information content (AvgIpc) is 2.53. The fraction of sp³-hybridized carbons (Fsp3) is 0.333. The van der Waals surface area contributed by atoms with E-state index in [9.17, 15) is 33.7 Å². The fourth-order valence-corrected chi connectivity index (χ4v) is 2.99. The predicted octanol–water partition coefficient (Wildman–Crippen LogP) is 1.32. The van der Waals surface area contributed by atoms with Gasteiger partial charge >= 0.3 is 5.79 Å². The molecule has 1 aliphatic carbocycles. The molecule has 25 heavy (non-hydrogen) atoms. The number of aliphatic hydroxyl groups is 1. The summed E-state index contributed by atoms with van der Waals surface area (Å²) in [5.41, 5.74) is -1.30. The lowest BCUT2D eigenvalue weighted by atomic mass is 10.0. The minimum Gasteiger partial charge on any atom is -0.450 e. The zero-order valence-electron chi connectivity index (χ0n) is 13.1. The van der Waals surface area contributed by atoms with Crippen LogP contribution in [0.15, 0.2) is 34.9 Å². The molecule has 0 bridgehead atoms. The summed E-state index contributed by atoms with van der Waals surface area (Å²) in [5.74, 6) is -2.95. The van der Waals surface area contributed by atoms with E-state index < -0.39 is 31.8 Å². The molecule has 0 radical (unpaired) electrons. The van der Waals surface area contributed by atoms with Gasteiger partial charge in [-0.25, -0.2) is 8.42 Å². The van der Waals surface area contributed by atoms with E-state index >= 15 is 0 Å². The summed E-state index contributed by atoms with van der Waals surface area (Å²) in [5, 5.41) is 31.0. The molecule has 1 aromatic rings. The van der Waals surface area contributed by atoms with Crippen molar-refractivity contribution in [1.29, 1.82) is 5.26 Å². The number of nitriles is 1. The van der Waals surface area contributed by atoms with Crippen LogP contribution in [0.4, 0.5) is 5.69 Å². The first-order valence-corrected chi connectivity index (χ1v) is 9.01. The number of carbonyl (C=O) groups excluding carboxylic acids is 1. The second-order valence-electron chi connectivity index (χ2n) is 5.50. The Morgan fingerprint density at radius 2 is 2.08 bits per heavy atom. The molecule has 0 saturated heterocycles. The number of nitro benzene ring substituents is 1. The fourth-order valence-electron chi connectivity index (χ4n) is 2.35. The Labute approximate surface area is 143 Å². The van der Waals surface area contributed by atoms with Gasteiger partial charge in [0.1, 0.15) is 17.4 Å². The third kappa shape index (κ3) is 4.01. The molecule has 1 aliphatic rings. The third-order valence-corrected chi connectivity index (χ3v) is 4.67. The minimum absolute atomic E-state index is 0.0294. The number of allylic oxidation sites excluding steroid dienone is 2. The van der Waals surface area contributed by atoms with Crippen molar-refractivity contribution in [2.24, 2.45) is 0 Å². The predicted molar refractivity (Wildman–Crippen MR) is 83.7 cm³/mol. The maximum Gasteiger partial charge on any atom is 0.332 e. The van der Waals surface area contributed by atoms with Crippen LogP contribution in [0.3, 0.4) is 0 Å². The Morgan fingerprint density at radius 1 is 1.40 bits per heavy atom. The zero-order valence-corrected chi connectivity index (χ0v) is 13.9. The molecule has 1 N–H and O–H groups in total. The molecule has 0 heterocycles. The van der Waals surface area contributed by atoms with Crippen LogP contribution in [0, 0.1) is 21.4 Å². The van der Waals surface area contributed by atoms with Gasteiger partial charge in [-0.2, -0.15) is 5.26 Å². The van der Waals surface area contributed by atoms with Crippen molar-refractivity contribution in [3.8, 4) is 6.07 Å². The molecule has 9 nitrogen and oxygen atoms in total. The largest absolute Gasteiger partial charge is 0.450 e. The van der Waals surface area contributed by atoms with Gasteiger partial charge in [0.15, 0.2) is 15.6 Å². The van der Waals surface area contributed by atoms with E-state index in [2.05, 4.69) is 0 Å². The summed E-state index contributed by atoms with van der Waals surface area (Å²) >= 11 is 0. The SMILES string of the molecule is CS(=O)(=O)c1ccc(C(O)(C#N)OC2=CC(=O)CCC2)c([N+](=O)[O-])c1. The maximum absolute atomic E-state index is 11.6. The molecule has 0 fully saturated rings. The molecule has 0 saturated carbocycles. The van der Waals surface area contributed by atoms with Gasteiger partial charge in [0, 0.05) is 31.2 Å². The number of ketones is 1. The second kappa shape index (κ2) is 6.62. The normalized spacial score (nSPS) is 17.2. The van der Waals surface area contributed by atoms with Crippen LogP contribution < -0.4 is 0 Å². The molecular weight excluding hydrogens is 352 g/mol. The molecular formula is C15H14N2O7S. The van der Waals surface area contributed by atoms with Crippen LogP contribution in [0.1, 0.15) is 24.8 Å². The first kappa shape index (κ1) is 18.6. The summed E-state index contributed by atoms with van der Waals surface area (Å²) in [7, 11) is -3.73. The minimum atomic E-state index is -3.73. The maximum atomic E-state index is 11.6. The standard InChI is InChI=1S/C15H14N2O7S/c1-25(22,23)12-5-6-13(14(8-12)17(20)21)15(19,9-16)24-11-4-2-3-10(18)7-11/h5-8,19H,2-4H2,1H3. The first-order chi connectivity index (χ1) is 11.6. The number of benzene rings is 1. The van der Waals surface area contributed by atoms with Crippen LogP contribution in [-0.2, 0) is 25.2 Å². The van der Waals surface area contributed by atoms with Crippen LogP contribution in [0.25, 0.3) is 0 Å². The van der Waals surface area contributed by atoms with Crippen molar-refractivity contribution < 1.29 is 28.0 Å². The Balaban J connectivity index is 2.54. The molecule has 0 amide bonds. The van der Waals surface area contributed by atoms with Gasteiger partial charge in [-0.3, -0.25) is 14.9 Å². The smallest absolute Gasteiger partial charge is 0.332 e. The van der Waals surface area contributed by atoms with E-state index in [0.717, 1.165) is 30.5 Å². The van der Waals surface area contributed by atoms with E-state index in [0.29, 0.717) is 12.8 Å². The van der Waals surface area contributed by atoms with Crippen LogP contribution in [-0.4, -0.2) is 30.5 Å².